The number of aromatic nitrogens is 4. The van der Waals surface area contributed by atoms with E-state index >= 15 is 0 Å². The number of pyridine rings is 1. The van der Waals surface area contributed by atoms with Crippen molar-refractivity contribution in [3.05, 3.63) is 66.4 Å². The fourth-order valence-electron chi connectivity index (χ4n) is 2.45. The molecule has 0 aliphatic carbocycles. The van der Waals surface area contributed by atoms with Crippen LogP contribution in [0, 0.1) is 6.92 Å². The molecule has 0 atom stereocenters. The lowest BCUT2D eigenvalue weighted by Crippen LogP contribution is -2.12. The van der Waals surface area contributed by atoms with Crippen molar-refractivity contribution in [3.63, 3.8) is 0 Å². The SMILES string of the molecule is Cc1ccc(NC(=O)c2ccc(NCCCCn3cnnc3)nc2)cc1. The Morgan fingerprint density at radius 2 is 1.81 bits per heavy atom. The summed E-state index contributed by atoms with van der Waals surface area (Å²) in [5, 5.41) is 13.7. The van der Waals surface area contributed by atoms with Gasteiger partial charge in [-0.2, -0.15) is 0 Å². The van der Waals surface area contributed by atoms with Gasteiger partial charge in [-0.05, 0) is 44.0 Å². The monoisotopic (exact) mass is 350 g/mol. The van der Waals surface area contributed by atoms with Gasteiger partial charge in [-0.1, -0.05) is 17.7 Å². The van der Waals surface area contributed by atoms with E-state index in [-0.39, 0.29) is 5.91 Å². The summed E-state index contributed by atoms with van der Waals surface area (Å²) in [4.78, 5) is 16.5. The summed E-state index contributed by atoms with van der Waals surface area (Å²) in [5.41, 5.74) is 2.46. The minimum atomic E-state index is -0.165. The average Bonchev–Trinajstić information content (AvgIpc) is 3.17. The van der Waals surface area contributed by atoms with Gasteiger partial charge in [0.05, 0.1) is 5.56 Å². The van der Waals surface area contributed by atoms with E-state index < -0.39 is 0 Å². The summed E-state index contributed by atoms with van der Waals surface area (Å²) in [7, 11) is 0. The van der Waals surface area contributed by atoms with Gasteiger partial charge < -0.3 is 15.2 Å². The zero-order chi connectivity index (χ0) is 18.2. The summed E-state index contributed by atoms with van der Waals surface area (Å²) in [6.45, 7) is 3.74. The van der Waals surface area contributed by atoms with Crippen LogP contribution < -0.4 is 10.6 Å². The molecule has 7 nitrogen and oxygen atoms in total. The molecule has 0 radical (unpaired) electrons. The van der Waals surface area contributed by atoms with Gasteiger partial charge >= 0.3 is 0 Å². The molecule has 0 aliphatic heterocycles. The first-order valence-electron chi connectivity index (χ1n) is 8.61. The number of hydrogen-bond donors (Lipinski definition) is 2. The minimum Gasteiger partial charge on any atom is -0.370 e. The fourth-order valence-corrected chi connectivity index (χ4v) is 2.45. The van der Waals surface area contributed by atoms with Gasteiger partial charge in [0.25, 0.3) is 5.91 Å². The number of carbonyl (C=O) groups excluding carboxylic acids is 1. The molecule has 2 heterocycles. The molecular formula is C19H22N6O. The number of unbranched alkanes of at least 4 members (excludes halogenated alkanes) is 1. The molecule has 2 N–H and O–H groups in total. The number of aryl methyl sites for hydroxylation is 2. The van der Waals surface area contributed by atoms with Crippen molar-refractivity contribution in [2.75, 3.05) is 17.2 Å². The summed E-state index contributed by atoms with van der Waals surface area (Å²) in [5.74, 6) is 0.600. The highest BCUT2D eigenvalue weighted by molar-refractivity contribution is 6.04. The largest absolute Gasteiger partial charge is 0.370 e. The molecule has 1 amide bonds. The molecule has 26 heavy (non-hydrogen) atoms. The minimum absolute atomic E-state index is 0.165. The van der Waals surface area contributed by atoms with Crippen LogP contribution in [0.2, 0.25) is 0 Å². The smallest absolute Gasteiger partial charge is 0.257 e. The molecule has 0 saturated heterocycles. The Hall–Kier alpha value is -3.22. The molecule has 134 valence electrons. The van der Waals surface area contributed by atoms with Crippen LogP contribution in [0.1, 0.15) is 28.8 Å². The van der Waals surface area contributed by atoms with Crippen LogP contribution in [-0.2, 0) is 6.54 Å². The summed E-state index contributed by atoms with van der Waals surface area (Å²) in [6, 6.07) is 11.3. The third kappa shape index (κ3) is 5.14. The molecular weight excluding hydrogens is 328 g/mol. The predicted octanol–water partition coefficient (Wildman–Crippen LogP) is 3.13. The topological polar surface area (TPSA) is 84.7 Å². The van der Waals surface area contributed by atoms with Gasteiger partial charge in [0.1, 0.15) is 18.5 Å². The Bertz CT molecular complexity index is 812. The number of anilines is 2. The standard InChI is InChI=1S/C19H22N6O/c1-15-4-7-17(8-5-15)24-19(26)16-6-9-18(21-12-16)20-10-2-3-11-25-13-22-23-14-25/h4-9,12-14H,2-3,10-11H2,1H3,(H,20,21)(H,24,26). The van der Waals surface area contributed by atoms with Gasteiger partial charge in [0.15, 0.2) is 0 Å². The molecule has 0 unspecified atom stereocenters. The van der Waals surface area contributed by atoms with E-state index in [1.165, 1.54) is 0 Å². The summed E-state index contributed by atoms with van der Waals surface area (Å²) in [6.07, 6.45) is 7.06. The maximum atomic E-state index is 12.2. The van der Waals surface area contributed by atoms with E-state index in [9.17, 15) is 4.79 Å². The van der Waals surface area contributed by atoms with Crippen LogP contribution >= 0.6 is 0 Å². The van der Waals surface area contributed by atoms with Crippen LogP contribution in [0.15, 0.2) is 55.2 Å². The van der Waals surface area contributed by atoms with Crippen molar-refractivity contribution in [1.82, 2.24) is 19.7 Å². The zero-order valence-electron chi connectivity index (χ0n) is 14.7. The molecule has 3 rings (SSSR count). The van der Waals surface area contributed by atoms with Gasteiger partial charge in [-0.25, -0.2) is 4.98 Å². The van der Waals surface area contributed by atoms with Gasteiger partial charge in [0, 0.05) is 25.0 Å². The van der Waals surface area contributed by atoms with Crippen molar-refractivity contribution in [2.24, 2.45) is 0 Å². The number of amides is 1. The highest BCUT2D eigenvalue weighted by atomic mass is 16.1. The van der Waals surface area contributed by atoms with E-state index in [1.807, 2.05) is 41.8 Å². The van der Waals surface area contributed by atoms with E-state index in [0.717, 1.165) is 43.0 Å². The first kappa shape index (κ1) is 17.6. The van der Waals surface area contributed by atoms with Crippen molar-refractivity contribution >= 4 is 17.4 Å². The van der Waals surface area contributed by atoms with Gasteiger partial charge in [-0.3, -0.25) is 4.79 Å². The molecule has 7 heteroatoms. The maximum Gasteiger partial charge on any atom is 0.257 e. The predicted molar refractivity (Wildman–Crippen MR) is 101 cm³/mol. The lowest BCUT2D eigenvalue weighted by molar-refractivity contribution is 0.102. The van der Waals surface area contributed by atoms with Crippen molar-refractivity contribution in [3.8, 4) is 0 Å². The van der Waals surface area contributed by atoms with E-state index in [4.69, 9.17) is 0 Å². The number of nitrogens with one attached hydrogen (secondary N) is 2. The average molecular weight is 350 g/mol. The molecule has 0 bridgehead atoms. The summed E-state index contributed by atoms with van der Waals surface area (Å²) < 4.78 is 1.96. The zero-order valence-corrected chi connectivity index (χ0v) is 14.7. The van der Waals surface area contributed by atoms with Crippen LogP contribution in [0.25, 0.3) is 0 Å². The third-order valence-corrected chi connectivity index (χ3v) is 3.95. The van der Waals surface area contributed by atoms with Crippen molar-refractivity contribution < 1.29 is 4.79 Å². The van der Waals surface area contributed by atoms with E-state index in [0.29, 0.717) is 5.56 Å². The van der Waals surface area contributed by atoms with Crippen LogP contribution in [-0.4, -0.2) is 32.2 Å². The molecule has 2 aromatic heterocycles. The van der Waals surface area contributed by atoms with Gasteiger partial charge in [0.2, 0.25) is 0 Å². The Kier molecular flexibility index (Phi) is 5.92. The Labute approximate surface area is 152 Å². The quantitative estimate of drug-likeness (QED) is 0.610. The lowest BCUT2D eigenvalue weighted by atomic mass is 10.2. The number of hydrogen-bond acceptors (Lipinski definition) is 5. The molecule has 1 aromatic carbocycles. The molecule has 0 saturated carbocycles. The van der Waals surface area contributed by atoms with Crippen LogP contribution in [0.4, 0.5) is 11.5 Å². The maximum absolute atomic E-state index is 12.2. The van der Waals surface area contributed by atoms with Gasteiger partial charge in [-0.15, -0.1) is 10.2 Å². The Morgan fingerprint density at radius 1 is 1.04 bits per heavy atom. The second-order valence-electron chi connectivity index (χ2n) is 6.09. The van der Waals surface area contributed by atoms with E-state index in [1.54, 1.807) is 24.9 Å². The highest BCUT2D eigenvalue weighted by Crippen LogP contribution is 2.12. The van der Waals surface area contributed by atoms with Crippen LogP contribution in [0.3, 0.4) is 0 Å². The first-order chi connectivity index (χ1) is 12.7. The number of nitrogens with zero attached hydrogens (tertiary/aromatic N) is 4. The third-order valence-electron chi connectivity index (χ3n) is 3.95. The number of carbonyl (C=O) groups is 1. The molecule has 0 aliphatic rings. The molecule has 3 aromatic rings. The Balaban J connectivity index is 1.42. The second kappa shape index (κ2) is 8.75. The molecule has 0 fully saturated rings. The lowest BCUT2D eigenvalue weighted by Gasteiger charge is -2.08. The highest BCUT2D eigenvalue weighted by Gasteiger charge is 2.06. The number of benzene rings is 1. The van der Waals surface area contributed by atoms with Crippen molar-refractivity contribution in [2.45, 2.75) is 26.3 Å². The first-order valence-corrected chi connectivity index (χ1v) is 8.61. The fraction of sp³-hybridized carbons (Fsp3) is 0.263. The van der Waals surface area contributed by atoms with Crippen molar-refractivity contribution in [1.29, 1.82) is 0 Å². The summed E-state index contributed by atoms with van der Waals surface area (Å²) >= 11 is 0. The van der Waals surface area contributed by atoms with E-state index in [2.05, 4.69) is 25.8 Å². The number of rotatable bonds is 8. The second-order valence-corrected chi connectivity index (χ2v) is 6.09. The Morgan fingerprint density at radius 3 is 2.50 bits per heavy atom. The normalized spacial score (nSPS) is 10.5. The van der Waals surface area contributed by atoms with Crippen LogP contribution in [0.5, 0.6) is 0 Å². The molecule has 0 spiro atoms.